The van der Waals surface area contributed by atoms with Gasteiger partial charge in [0.15, 0.2) is 0 Å². The maximum atomic E-state index is 12.6. The van der Waals surface area contributed by atoms with Crippen LogP contribution in [0.15, 0.2) is 36.4 Å². The highest BCUT2D eigenvalue weighted by molar-refractivity contribution is 5.93. The second-order valence-electron chi connectivity index (χ2n) is 7.87. The minimum absolute atomic E-state index is 0.137. The minimum atomic E-state index is -0.258. The van der Waals surface area contributed by atoms with E-state index in [9.17, 15) is 14.9 Å². The molecule has 0 saturated carbocycles. The van der Waals surface area contributed by atoms with Gasteiger partial charge in [-0.05, 0) is 42.2 Å². The number of benzene rings is 2. The van der Waals surface area contributed by atoms with Gasteiger partial charge in [-0.25, -0.2) is 4.79 Å². The molecule has 31 heavy (non-hydrogen) atoms. The van der Waals surface area contributed by atoms with Gasteiger partial charge >= 0.3 is 5.97 Å². The molecule has 2 aromatic carbocycles. The fraction of sp³-hybridized carbons (Fsp3) is 0.375. The van der Waals surface area contributed by atoms with Crippen molar-refractivity contribution in [1.82, 2.24) is 9.80 Å². The van der Waals surface area contributed by atoms with E-state index in [1.807, 2.05) is 41.3 Å². The topological polar surface area (TPSA) is 82.9 Å². The largest absolute Gasteiger partial charge is 0.495 e. The lowest BCUT2D eigenvalue weighted by atomic mass is 10.0. The second kappa shape index (κ2) is 9.19. The van der Waals surface area contributed by atoms with Crippen LogP contribution in [0.5, 0.6) is 5.75 Å². The highest BCUT2D eigenvalue weighted by Crippen LogP contribution is 2.22. The monoisotopic (exact) mass is 419 g/mol. The Bertz CT molecular complexity index is 1040. The number of amides is 1. The molecular formula is C24H25N3O4. The molecule has 2 heterocycles. The summed E-state index contributed by atoms with van der Waals surface area (Å²) in [6, 6.07) is 13.6. The molecule has 2 aliphatic heterocycles. The Kier molecular flexibility index (Phi) is 6.19. The van der Waals surface area contributed by atoms with Crippen LogP contribution in [0.2, 0.25) is 0 Å². The molecule has 160 valence electrons. The Hall–Kier alpha value is -3.37. The Labute approximate surface area is 181 Å². The lowest BCUT2D eigenvalue weighted by Gasteiger charge is -2.34. The zero-order valence-electron chi connectivity index (χ0n) is 17.6. The summed E-state index contributed by atoms with van der Waals surface area (Å²) in [7, 11) is 1.56. The highest BCUT2D eigenvalue weighted by atomic mass is 16.5. The van der Waals surface area contributed by atoms with Crippen molar-refractivity contribution < 1.29 is 19.1 Å². The number of cyclic esters (lactones) is 1. The number of carbonyl (C=O) groups excluding carboxylic acids is 2. The molecule has 2 aromatic rings. The number of nitrogens with zero attached hydrogens (tertiary/aromatic N) is 3. The van der Waals surface area contributed by atoms with Crippen molar-refractivity contribution >= 4 is 11.9 Å². The van der Waals surface area contributed by atoms with Crippen molar-refractivity contribution in [2.24, 2.45) is 0 Å². The SMILES string of the molecule is COc1ccc(CCN2CCN(CCc3ccc4c(c3)COC4=O)C(=O)C2)cc1C#N. The summed E-state index contributed by atoms with van der Waals surface area (Å²) in [4.78, 5) is 28.2. The predicted octanol–water partition coefficient (Wildman–Crippen LogP) is 2.17. The summed E-state index contributed by atoms with van der Waals surface area (Å²) in [6.45, 7) is 3.73. The van der Waals surface area contributed by atoms with E-state index in [2.05, 4.69) is 11.0 Å². The number of carbonyl (C=O) groups is 2. The van der Waals surface area contributed by atoms with Crippen LogP contribution in [0.25, 0.3) is 0 Å². The van der Waals surface area contributed by atoms with E-state index in [1.165, 1.54) is 0 Å². The van der Waals surface area contributed by atoms with Crippen molar-refractivity contribution in [2.45, 2.75) is 19.4 Å². The summed E-state index contributed by atoms with van der Waals surface area (Å²) in [5, 5.41) is 9.23. The van der Waals surface area contributed by atoms with Crippen LogP contribution < -0.4 is 4.74 Å². The first kappa shape index (κ1) is 20.9. The van der Waals surface area contributed by atoms with Gasteiger partial charge in [0.1, 0.15) is 18.4 Å². The lowest BCUT2D eigenvalue weighted by Crippen LogP contribution is -2.51. The molecule has 7 heteroatoms. The average molecular weight is 419 g/mol. The number of rotatable bonds is 7. The third kappa shape index (κ3) is 4.70. The van der Waals surface area contributed by atoms with Gasteiger partial charge in [-0.1, -0.05) is 18.2 Å². The summed E-state index contributed by atoms with van der Waals surface area (Å²) in [5.41, 5.74) is 4.28. The molecule has 0 aliphatic carbocycles. The summed E-state index contributed by atoms with van der Waals surface area (Å²) >= 11 is 0. The molecule has 0 aromatic heterocycles. The van der Waals surface area contributed by atoms with E-state index >= 15 is 0 Å². The van der Waals surface area contributed by atoms with E-state index in [1.54, 1.807) is 7.11 Å². The van der Waals surface area contributed by atoms with Crippen molar-refractivity contribution in [2.75, 3.05) is 39.8 Å². The Morgan fingerprint density at radius 3 is 2.61 bits per heavy atom. The molecular weight excluding hydrogens is 394 g/mol. The first-order chi connectivity index (χ1) is 15.1. The van der Waals surface area contributed by atoms with Gasteiger partial charge in [0.05, 0.1) is 24.8 Å². The van der Waals surface area contributed by atoms with Gasteiger partial charge in [-0.2, -0.15) is 5.26 Å². The van der Waals surface area contributed by atoms with Crippen LogP contribution in [0, 0.1) is 11.3 Å². The normalized spacial score (nSPS) is 16.1. The number of esters is 1. The summed E-state index contributed by atoms with van der Waals surface area (Å²) < 4.78 is 10.2. The van der Waals surface area contributed by atoms with Crippen molar-refractivity contribution in [1.29, 1.82) is 5.26 Å². The summed E-state index contributed by atoms with van der Waals surface area (Å²) in [5.74, 6) is 0.460. The number of hydrogen-bond donors (Lipinski definition) is 0. The van der Waals surface area contributed by atoms with Crippen molar-refractivity contribution in [3.63, 3.8) is 0 Å². The first-order valence-electron chi connectivity index (χ1n) is 10.4. The molecule has 0 N–H and O–H groups in total. The van der Waals surface area contributed by atoms with Gasteiger partial charge in [0, 0.05) is 31.7 Å². The molecule has 0 unspecified atom stereocenters. The maximum absolute atomic E-state index is 12.6. The third-order valence-corrected chi connectivity index (χ3v) is 5.92. The molecule has 0 atom stereocenters. The van der Waals surface area contributed by atoms with E-state index in [0.29, 0.717) is 43.1 Å². The Morgan fingerprint density at radius 2 is 1.84 bits per heavy atom. The van der Waals surface area contributed by atoms with Crippen LogP contribution in [-0.4, -0.2) is 61.5 Å². The average Bonchev–Trinajstić information content (AvgIpc) is 3.16. The third-order valence-electron chi connectivity index (χ3n) is 5.92. The molecule has 2 aliphatic rings. The number of hydrogen-bond acceptors (Lipinski definition) is 6. The number of piperazine rings is 1. The molecule has 0 radical (unpaired) electrons. The second-order valence-corrected chi connectivity index (χ2v) is 7.87. The fourth-order valence-electron chi connectivity index (χ4n) is 4.08. The van der Waals surface area contributed by atoms with Crippen molar-refractivity contribution in [3.05, 3.63) is 64.2 Å². The molecule has 7 nitrogen and oxygen atoms in total. The smallest absolute Gasteiger partial charge is 0.338 e. The first-order valence-corrected chi connectivity index (χ1v) is 10.4. The Morgan fingerprint density at radius 1 is 1.06 bits per heavy atom. The van der Waals surface area contributed by atoms with Gasteiger partial charge in [-0.3, -0.25) is 9.69 Å². The van der Waals surface area contributed by atoms with Crippen LogP contribution in [0.1, 0.15) is 32.6 Å². The minimum Gasteiger partial charge on any atom is -0.495 e. The van der Waals surface area contributed by atoms with Crippen LogP contribution >= 0.6 is 0 Å². The predicted molar refractivity (Wildman–Crippen MR) is 114 cm³/mol. The number of nitriles is 1. The van der Waals surface area contributed by atoms with E-state index in [4.69, 9.17) is 9.47 Å². The maximum Gasteiger partial charge on any atom is 0.338 e. The van der Waals surface area contributed by atoms with Gasteiger partial charge in [0.25, 0.3) is 0 Å². The van der Waals surface area contributed by atoms with Crippen molar-refractivity contribution in [3.8, 4) is 11.8 Å². The van der Waals surface area contributed by atoms with Crippen LogP contribution in [0.3, 0.4) is 0 Å². The van der Waals surface area contributed by atoms with E-state index in [-0.39, 0.29) is 11.9 Å². The van der Waals surface area contributed by atoms with Crippen LogP contribution in [0.4, 0.5) is 0 Å². The summed E-state index contributed by atoms with van der Waals surface area (Å²) in [6.07, 6.45) is 1.54. The molecule has 0 spiro atoms. The molecule has 1 fully saturated rings. The number of methoxy groups -OCH3 is 1. The zero-order valence-corrected chi connectivity index (χ0v) is 17.6. The van der Waals surface area contributed by atoms with Gasteiger partial charge in [-0.15, -0.1) is 0 Å². The van der Waals surface area contributed by atoms with E-state index in [0.717, 1.165) is 42.6 Å². The number of ether oxygens (including phenoxy) is 2. The molecule has 4 rings (SSSR count). The lowest BCUT2D eigenvalue weighted by molar-refractivity contribution is -0.135. The standard InChI is InChI=1S/C24H25N3O4/c1-30-22-5-3-18(12-19(22)14-25)6-8-26-10-11-27(23(28)15-26)9-7-17-2-4-21-20(13-17)16-31-24(21)29/h2-5,12-13H,6-11,15-16H2,1H3. The number of fused-ring (bicyclic) bond motifs is 1. The highest BCUT2D eigenvalue weighted by Gasteiger charge is 2.24. The molecule has 1 saturated heterocycles. The quantitative estimate of drug-likeness (QED) is 0.640. The molecule has 0 bridgehead atoms. The van der Waals surface area contributed by atoms with Crippen LogP contribution in [-0.2, 0) is 29.0 Å². The fourth-order valence-corrected chi connectivity index (χ4v) is 4.08. The zero-order chi connectivity index (χ0) is 21.8. The Balaban J connectivity index is 1.26. The molecule has 1 amide bonds. The van der Waals surface area contributed by atoms with Gasteiger partial charge < -0.3 is 14.4 Å². The van der Waals surface area contributed by atoms with E-state index < -0.39 is 0 Å². The van der Waals surface area contributed by atoms with Gasteiger partial charge in [0.2, 0.25) is 5.91 Å².